The molecule has 0 spiro atoms. The third-order valence-corrected chi connectivity index (χ3v) is 4.52. The molecule has 1 aromatic heterocycles. The lowest BCUT2D eigenvalue weighted by atomic mass is 9.97. The van der Waals surface area contributed by atoms with Crippen molar-refractivity contribution in [3.63, 3.8) is 0 Å². The minimum Gasteiger partial charge on any atom is -0.361 e. The van der Waals surface area contributed by atoms with Crippen molar-refractivity contribution in [1.82, 2.24) is 15.2 Å². The number of nitrogens with zero attached hydrogens (tertiary/aromatic N) is 2. The molecule has 0 bridgehead atoms. The standard InChI is InChI=1S/C13H15BrFN3/c1-8-3-2-6-18-12(14)11(17-13(8)18)10-5-4-9(15)7-16-10/h4-5,7-8,13,17H,2-3,6H2,1H3/t8-,13?/m0/s1. The van der Waals surface area contributed by atoms with E-state index < -0.39 is 0 Å². The first-order chi connectivity index (χ1) is 8.66. The van der Waals surface area contributed by atoms with Crippen LogP contribution in [0, 0.1) is 11.7 Å². The summed E-state index contributed by atoms with van der Waals surface area (Å²) in [7, 11) is 0. The Morgan fingerprint density at radius 1 is 1.50 bits per heavy atom. The Morgan fingerprint density at radius 2 is 2.33 bits per heavy atom. The fourth-order valence-electron chi connectivity index (χ4n) is 2.68. The average molecular weight is 312 g/mol. The number of aromatic nitrogens is 1. The first kappa shape index (κ1) is 12.0. The maximum Gasteiger partial charge on any atom is 0.141 e. The number of pyridine rings is 1. The molecule has 1 unspecified atom stereocenters. The summed E-state index contributed by atoms with van der Waals surface area (Å²) in [6, 6.07) is 3.15. The number of piperidine rings is 1. The van der Waals surface area contributed by atoms with Crippen LogP contribution < -0.4 is 5.32 Å². The van der Waals surface area contributed by atoms with Gasteiger partial charge in [-0.3, -0.25) is 4.98 Å². The summed E-state index contributed by atoms with van der Waals surface area (Å²) in [6.45, 7) is 3.30. The van der Waals surface area contributed by atoms with E-state index in [9.17, 15) is 4.39 Å². The zero-order valence-corrected chi connectivity index (χ0v) is 11.7. The highest BCUT2D eigenvalue weighted by molar-refractivity contribution is 9.11. The molecule has 0 saturated carbocycles. The largest absolute Gasteiger partial charge is 0.361 e. The lowest BCUT2D eigenvalue weighted by Crippen LogP contribution is -2.45. The molecule has 3 nitrogen and oxygen atoms in total. The second-order valence-corrected chi connectivity index (χ2v) is 5.68. The van der Waals surface area contributed by atoms with Crippen LogP contribution in [0.1, 0.15) is 25.5 Å². The van der Waals surface area contributed by atoms with E-state index in [1.807, 2.05) is 0 Å². The summed E-state index contributed by atoms with van der Waals surface area (Å²) in [5.74, 6) is 0.295. The predicted molar refractivity (Wildman–Crippen MR) is 72.1 cm³/mol. The first-order valence-electron chi connectivity index (χ1n) is 6.21. The third-order valence-electron chi connectivity index (χ3n) is 3.67. The molecule has 1 N–H and O–H groups in total. The molecule has 0 amide bonds. The van der Waals surface area contributed by atoms with Gasteiger partial charge in [-0.2, -0.15) is 0 Å². The van der Waals surface area contributed by atoms with Crippen molar-refractivity contribution in [2.45, 2.75) is 25.9 Å². The molecule has 1 saturated heterocycles. The maximum atomic E-state index is 12.9. The highest BCUT2D eigenvalue weighted by atomic mass is 79.9. The summed E-state index contributed by atoms with van der Waals surface area (Å²) >= 11 is 3.64. The van der Waals surface area contributed by atoms with E-state index in [1.54, 1.807) is 6.07 Å². The van der Waals surface area contributed by atoms with Gasteiger partial charge in [-0.25, -0.2) is 4.39 Å². The topological polar surface area (TPSA) is 28.2 Å². The average Bonchev–Trinajstić information content (AvgIpc) is 2.70. The first-order valence-corrected chi connectivity index (χ1v) is 7.01. The second-order valence-electron chi connectivity index (χ2n) is 4.93. The molecule has 3 rings (SSSR count). The fourth-order valence-corrected chi connectivity index (χ4v) is 3.40. The van der Waals surface area contributed by atoms with E-state index >= 15 is 0 Å². The Hall–Kier alpha value is -1.10. The lowest BCUT2D eigenvalue weighted by molar-refractivity contribution is 0.152. The summed E-state index contributed by atoms with van der Waals surface area (Å²) in [5.41, 5.74) is 1.75. The van der Waals surface area contributed by atoms with Gasteiger partial charge in [-0.1, -0.05) is 6.92 Å². The van der Waals surface area contributed by atoms with Crippen molar-refractivity contribution in [2.75, 3.05) is 6.54 Å². The van der Waals surface area contributed by atoms with Crippen molar-refractivity contribution in [2.24, 2.45) is 5.92 Å². The molecule has 5 heteroatoms. The molecule has 1 fully saturated rings. The minimum absolute atomic E-state index is 0.306. The van der Waals surface area contributed by atoms with Crippen molar-refractivity contribution in [3.8, 4) is 0 Å². The predicted octanol–water partition coefficient (Wildman–Crippen LogP) is 2.90. The van der Waals surface area contributed by atoms with E-state index in [2.05, 4.69) is 38.1 Å². The number of rotatable bonds is 1. The van der Waals surface area contributed by atoms with Gasteiger partial charge in [0.15, 0.2) is 0 Å². The van der Waals surface area contributed by atoms with Gasteiger partial charge >= 0.3 is 0 Å². The monoisotopic (exact) mass is 311 g/mol. The van der Waals surface area contributed by atoms with E-state index in [4.69, 9.17) is 0 Å². The SMILES string of the molecule is C[C@H]1CCCN2C(Br)=C(c3ccc(F)cn3)NC12. The van der Waals surface area contributed by atoms with Crippen LogP contribution in [-0.2, 0) is 0 Å². The third kappa shape index (κ3) is 1.90. The lowest BCUT2D eigenvalue weighted by Gasteiger charge is -2.36. The quantitative estimate of drug-likeness (QED) is 0.808. The van der Waals surface area contributed by atoms with Crippen LogP contribution in [-0.4, -0.2) is 22.6 Å². The Labute approximate surface area is 114 Å². The van der Waals surface area contributed by atoms with Crippen LogP contribution in [0.15, 0.2) is 22.9 Å². The Kier molecular flexibility index (Phi) is 3.01. The summed E-state index contributed by atoms with van der Waals surface area (Å²) in [5, 5.41) is 3.50. The summed E-state index contributed by atoms with van der Waals surface area (Å²) in [4.78, 5) is 6.47. The second kappa shape index (κ2) is 4.53. The van der Waals surface area contributed by atoms with Crippen LogP contribution >= 0.6 is 15.9 Å². The molecule has 3 heterocycles. The molecular formula is C13H15BrFN3. The number of fused-ring (bicyclic) bond motifs is 1. The van der Waals surface area contributed by atoms with Crippen molar-refractivity contribution in [1.29, 1.82) is 0 Å². The molecule has 0 radical (unpaired) electrons. The zero-order chi connectivity index (χ0) is 12.7. The van der Waals surface area contributed by atoms with E-state index in [-0.39, 0.29) is 5.82 Å². The summed E-state index contributed by atoms with van der Waals surface area (Å²) < 4.78 is 13.9. The maximum absolute atomic E-state index is 12.9. The minimum atomic E-state index is -0.306. The van der Waals surface area contributed by atoms with Crippen LogP contribution in [0.4, 0.5) is 4.39 Å². The van der Waals surface area contributed by atoms with Crippen molar-refractivity contribution < 1.29 is 4.39 Å². The Morgan fingerprint density at radius 3 is 3.00 bits per heavy atom. The normalized spacial score (nSPS) is 27.2. The molecule has 2 aliphatic rings. The molecule has 96 valence electrons. The number of hydrogen-bond acceptors (Lipinski definition) is 3. The van der Waals surface area contributed by atoms with Crippen LogP contribution in [0.2, 0.25) is 0 Å². The molecule has 1 aromatic rings. The van der Waals surface area contributed by atoms with Gasteiger partial charge in [0.1, 0.15) is 16.6 Å². The fraction of sp³-hybridized carbons (Fsp3) is 0.462. The van der Waals surface area contributed by atoms with Gasteiger partial charge in [-0.15, -0.1) is 0 Å². The molecule has 0 aromatic carbocycles. The summed E-state index contributed by atoms with van der Waals surface area (Å²) in [6.07, 6.45) is 4.03. The van der Waals surface area contributed by atoms with Gasteiger partial charge in [0, 0.05) is 6.54 Å². The van der Waals surface area contributed by atoms with Crippen molar-refractivity contribution in [3.05, 3.63) is 34.4 Å². The molecular weight excluding hydrogens is 297 g/mol. The van der Waals surface area contributed by atoms with Gasteiger partial charge in [0.05, 0.1) is 17.6 Å². The molecule has 2 atom stereocenters. The highest BCUT2D eigenvalue weighted by Crippen LogP contribution is 2.37. The number of halogens is 2. The Balaban J connectivity index is 1.93. The Bertz CT molecular complexity index is 486. The van der Waals surface area contributed by atoms with Gasteiger partial charge in [0.2, 0.25) is 0 Å². The number of hydrogen-bond donors (Lipinski definition) is 1. The van der Waals surface area contributed by atoms with Crippen LogP contribution in [0.5, 0.6) is 0 Å². The van der Waals surface area contributed by atoms with E-state index in [1.165, 1.54) is 25.1 Å². The van der Waals surface area contributed by atoms with Crippen molar-refractivity contribution >= 4 is 21.6 Å². The molecule has 2 aliphatic heterocycles. The van der Waals surface area contributed by atoms with Gasteiger partial charge in [0.25, 0.3) is 0 Å². The van der Waals surface area contributed by atoms with E-state index in [0.717, 1.165) is 22.5 Å². The van der Waals surface area contributed by atoms with Crippen LogP contribution in [0.25, 0.3) is 5.70 Å². The van der Waals surface area contributed by atoms with Gasteiger partial charge in [-0.05, 0) is 46.8 Å². The molecule has 18 heavy (non-hydrogen) atoms. The zero-order valence-electron chi connectivity index (χ0n) is 10.2. The number of nitrogens with one attached hydrogen (secondary N) is 1. The highest BCUT2D eigenvalue weighted by Gasteiger charge is 2.36. The van der Waals surface area contributed by atoms with Crippen LogP contribution in [0.3, 0.4) is 0 Å². The van der Waals surface area contributed by atoms with E-state index in [0.29, 0.717) is 12.1 Å². The smallest absolute Gasteiger partial charge is 0.141 e. The van der Waals surface area contributed by atoms with Gasteiger partial charge < -0.3 is 10.2 Å². The molecule has 0 aliphatic carbocycles.